The van der Waals surface area contributed by atoms with Gasteiger partial charge in [0.25, 0.3) is 0 Å². The minimum atomic E-state index is 0.0138. The highest BCUT2D eigenvalue weighted by atomic mass is 16.2. The predicted octanol–water partition coefficient (Wildman–Crippen LogP) is 2.69. The zero-order valence-electron chi connectivity index (χ0n) is 14.2. The lowest BCUT2D eigenvalue weighted by molar-refractivity contribution is -0.136. The third-order valence-electron chi connectivity index (χ3n) is 5.52. The van der Waals surface area contributed by atoms with Gasteiger partial charge in [-0.3, -0.25) is 4.79 Å². The van der Waals surface area contributed by atoms with E-state index in [-0.39, 0.29) is 11.3 Å². The van der Waals surface area contributed by atoms with Gasteiger partial charge >= 0.3 is 0 Å². The summed E-state index contributed by atoms with van der Waals surface area (Å²) in [6.07, 6.45) is 4.87. The molecule has 2 aliphatic heterocycles. The molecule has 1 fully saturated rings. The average molecular weight is 324 g/mol. The van der Waals surface area contributed by atoms with E-state index in [4.69, 9.17) is 0 Å². The number of fused-ring (bicyclic) bond motifs is 1. The minimum absolute atomic E-state index is 0.0138. The quantitative estimate of drug-likeness (QED) is 0.872. The van der Waals surface area contributed by atoms with Crippen LogP contribution in [0.25, 0.3) is 0 Å². The van der Waals surface area contributed by atoms with Gasteiger partial charge in [0.2, 0.25) is 5.91 Å². The van der Waals surface area contributed by atoms with Crippen LogP contribution >= 0.6 is 0 Å². The van der Waals surface area contributed by atoms with Crippen LogP contribution in [0.1, 0.15) is 49.8 Å². The topological polar surface area (TPSA) is 51.0 Å². The molecule has 0 unspecified atom stereocenters. The fourth-order valence-electron chi connectivity index (χ4n) is 4.01. The number of likely N-dealkylation sites (tertiary alicyclic amines) is 1. The zero-order chi connectivity index (χ0) is 16.6. The van der Waals surface area contributed by atoms with Gasteiger partial charge in [0.1, 0.15) is 5.82 Å². The van der Waals surface area contributed by atoms with Crippen LogP contribution in [0.15, 0.2) is 30.3 Å². The van der Waals surface area contributed by atoms with E-state index in [0.717, 1.165) is 37.6 Å². The maximum Gasteiger partial charge on any atom is 0.223 e. The number of carbonyl (C=O) groups is 1. The Kier molecular flexibility index (Phi) is 3.87. The highest BCUT2D eigenvalue weighted by Crippen LogP contribution is 2.34. The number of aromatic nitrogens is 3. The first-order chi connectivity index (χ1) is 11.7. The Balaban J connectivity index is 1.56. The Bertz CT molecular complexity index is 739. The van der Waals surface area contributed by atoms with Crippen molar-refractivity contribution in [3.05, 3.63) is 47.5 Å². The minimum Gasteiger partial charge on any atom is -0.334 e. The van der Waals surface area contributed by atoms with Crippen LogP contribution in [0.4, 0.5) is 0 Å². The van der Waals surface area contributed by atoms with E-state index in [1.54, 1.807) is 0 Å². The van der Waals surface area contributed by atoms with E-state index in [1.165, 1.54) is 18.4 Å². The zero-order valence-corrected chi connectivity index (χ0v) is 14.2. The second kappa shape index (κ2) is 6.04. The fraction of sp³-hybridized carbons (Fsp3) is 0.526. The van der Waals surface area contributed by atoms with E-state index in [0.29, 0.717) is 13.0 Å². The number of amides is 1. The SMILES string of the molecule is C[C@]1(c2ccccc2)CCC(=O)N(Cc2nnc3n2CCCC3)C1. The molecular formula is C19H24N4O. The standard InChI is InChI=1S/C19H24N4O/c1-19(15-7-3-2-4-8-15)11-10-18(24)22(14-19)13-17-21-20-16-9-5-6-12-23(16)17/h2-4,7-8H,5-6,9-14H2,1H3/t19-/m0/s1. The highest BCUT2D eigenvalue weighted by Gasteiger charge is 2.36. The molecule has 0 saturated carbocycles. The summed E-state index contributed by atoms with van der Waals surface area (Å²) in [5, 5.41) is 8.68. The molecule has 126 valence electrons. The maximum atomic E-state index is 12.5. The van der Waals surface area contributed by atoms with Crippen LogP contribution < -0.4 is 0 Å². The molecule has 1 atom stereocenters. The van der Waals surface area contributed by atoms with Gasteiger partial charge in [0.05, 0.1) is 6.54 Å². The van der Waals surface area contributed by atoms with E-state index >= 15 is 0 Å². The molecule has 1 aromatic carbocycles. The molecule has 1 aromatic heterocycles. The van der Waals surface area contributed by atoms with Gasteiger partial charge in [0, 0.05) is 31.3 Å². The molecule has 3 heterocycles. The summed E-state index contributed by atoms with van der Waals surface area (Å²) in [6, 6.07) is 10.5. The molecule has 5 nitrogen and oxygen atoms in total. The van der Waals surface area contributed by atoms with Crippen LogP contribution in [-0.2, 0) is 29.7 Å². The number of hydrogen-bond donors (Lipinski definition) is 0. The molecule has 2 aromatic rings. The van der Waals surface area contributed by atoms with Crippen LogP contribution in [-0.4, -0.2) is 32.1 Å². The monoisotopic (exact) mass is 324 g/mol. The molecule has 2 aliphatic rings. The second-order valence-electron chi connectivity index (χ2n) is 7.32. The van der Waals surface area contributed by atoms with Gasteiger partial charge in [0.15, 0.2) is 5.82 Å². The Morgan fingerprint density at radius 2 is 1.96 bits per heavy atom. The molecule has 5 heteroatoms. The first-order valence-corrected chi connectivity index (χ1v) is 8.90. The van der Waals surface area contributed by atoms with E-state index in [1.807, 2.05) is 11.0 Å². The summed E-state index contributed by atoms with van der Waals surface area (Å²) in [6.45, 7) is 4.57. The summed E-state index contributed by atoms with van der Waals surface area (Å²) in [7, 11) is 0. The number of nitrogens with zero attached hydrogens (tertiary/aromatic N) is 4. The van der Waals surface area contributed by atoms with Gasteiger partial charge in [-0.1, -0.05) is 37.3 Å². The maximum absolute atomic E-state index is 12.5. The summed E-state index contributed by atoms with van der Waals surface area (Å²) in [5.74, 6) is 2.25. The summed E-state index contributed by atoms with van der Waals surface area (Å²) in [4.78, 5) is 14.5. The van der Waals surface area contributed by atoms with Gasteiger partial charge in [-0.15, -0.1) is 10.2 Å². The Morgan fingerprint density at radius 3 is 2.79 bits per heavy atom. The second-order valence-corrected chi connectivity index (χ2v) is 7.32. The fourth-order valence-corrected chi connectivity index (χ4v) is 4.01. The number of carbonyl (C=O) groups excluding carboxylic acids is 1. The van der Waals surface area contributed by atoms with Crippen LogP contribution in [0.3, 0.4) is 0 Å². The lowest BCUT2D eigenvalue weighted by atomic mass is 9.75. The van der Waals surface area contributed by atoms with Gasteiger partial charge in [-0.05, 0) is 24.8 Å². The molecule has 1 saturated heterocycles. The molecule has 24 heavy (non-hydrogen) atoms. The summed E-state index contributed by atoms with van der Waals surface area (Å²) < 4.78 is 2.21. The third kappa shape index (κ3) is 2.72. The Labute approximate surface area is 142 Å². The first kappa shape index (κ1) is 15.4. The normalized spacial score (nSPS) is 24.0. The molecule has 0 radical (unpaired) electrons. The van der Waals surface area contributed by atoms with Crippen molar-refractivity contribution in [3.63, 3.8) is 0 Å². The molecule has 4 rings (SSSR count). The van der Waals surface area contributed by atoms with Crippen molar-refractivity contribution >= 4 is 5.91 Å². The number of hydrogen-bond acceptors (Lipinski definition) is 3. The lowest BCUT2D eigenvalue weighted by Gasteiger charge is -2.40. The van der Waals surface area contributed by atoms with Crippen molar-refractivity contribution < 1.29 is 4.79 Å². The van der Waals surface area contributed by atoms with Gasteiger partial charge < -0.3 is 9.47 Å². The van der Waals surface area contributed by atoms with E-state index in [2.05, 4.69) is 46.0 Å². The smallest absolute Gasteiger partial charge is 0.223 e. The number of benzene rings is 1. The summed E-state index contributed by atoms with van der Waals surface area (Å²) >= 11 is 0. The van der Waals surface area contributed by atoms with Crippen molar-refractivity contribution in [3.8, 4) is 0 Å². The van der Waals surface area contributed by atoms with Crippen molar-refractivity contribution in [1.82, 2.24) is 19.7 Å². The first-order valence-electron chi connectivity index (χ1n) is 8.90. The molecule has 0 bridgehead atoms. The molecule has 0 N–H and O–H groups in total. The molecule has 1 amide bonds. The predicted molar refractivity (Wildman–Crippen MR) is 91.4 cm³/mol. The summed E-state index contributed by atoms with van der Waals surface area (Å²) in [5.41, 5.74) is 1.32. The van der Waals surface area contributed by atoms with Crippen molar-refractivity contribution in [2.75, 3.05) is 6.54 Å². The number of rotatable bonds is 3. The van der Waals surface area contributed by atoms with Crippen molar-refractivity contribution in [2.45, 2.75) is 57.5 Å². The molecular weight excluding hydrogens is 300 g/mol. The lowest BCUT2D eigenvalue weighted by Crippen LogP contribution is -2.47. The van der Waals surface area contributed by atoms with Crippen molar-refractivity contribution in [2.24, 2.45) is 0 Å². The number of aryl methyl sites for hydroxylation is 1. The largest absolute Gasteiger partial charge is 0.334 e. The van der Waals surface area contributed by atoms with Crippen LogP contribution in [0.5, 0.6) is 0 Å². The Hall–Kier alpha value is -2.17. The average Bonchev–Trinajstić information content (AvgIpc) is 3.02. The van der Waals surface area contributed by atoms with Crippen molar-refractivity contribution in [1.29, 1.82) is 0 Å². The molecule has 0 aliphatic carbocycles. The van der Waals surface area contributed by atoms with E-state index in [9.17, 15) is 4.79 Å². The number of piperidine rings is 1. The van der Waals surface area contributed by atoms with Crippen LogP contribution in [0, 0.1) is 0 Å². The Morgan fingerprint density at radius 1 is 1.12 bits per heavy atom. The highest BCUT2D eigenvalue weighted by molar-refractivity contribution is 5.77. The molecule has 0 spiro atoms. The van der Waals surface area contributed by atoms with Gasteiger partial charge in [-0.25, -0.2) is 0 Å². The van der Waals surface area contributed by atoms with Gasteiger partial charge in [-0.2, -0.15) is 0 Å². The van der Waals surface area contributed by atoms with E-state index < -0.39 is 0 Å². The third-order valence-corrected chi connectivity index (χ3v) is 5.52. The van der Waals surface area contributed by atoms with Crippen LogP contribution in [0.2, 0.25) is 0 Å².